The Morgan fingerprint density at radius 3 is 2.00 bits per heavy atom. The van der Waals surface area contributed by atoms with E-state index in [4.69, 9.17) is 0 Å². The molecule has 2 aromatic carbocycles. The van der Waals surface area contributed by atoms with E-state index in [2.05, 4.69) is 33.0 Å². The van der Waals surface area contributed by atoms with E-state index < -0.39 is 0 Å². The zero-order valence-electron chi connectivity index (χ0n) is 13.9. The molecule has 0 spiro atoms. The Kier molecular flexibility index (Phi) is 5.72. The fourth-order valence-corrected chi connectivity index (χ4v) is 2.44. The minimum atomic E-state index is -0.106. The molecule has 5 heteroatoms. The summed E-state index contributed by atoms with van der Waals surface area (Å²) in [6, 6.07) is 23.4. The van der Waals surface area contributed by atoms with Crippen LogP contribution >= 0.6 is 0 Å². The minimum absolute atomic E-state index is 0.106. The van der Waals surface area contributed by atoms with E-state index in [1.165, 1.54) is 5.56 Å². The van der Waals surface area contributed by atoms with Gasteiger partial charge >= 0.3 is 0 Å². The Balaban J connectivity index is 1.46. The fourth-order valence-electron chi connectivity index (χ4n) is 2.44. The molecule has 0 saturated heterocycles. The average molecular weight is 332 g/mol. The van der Waals surface area contributed by atoms with Crippen LogP contribution in [-0.2, 0) is 17.6 Å². The highest BCUT2D eigenvalue weighted by molar-refractivity contribution is 5.91. The molecule has 0 saturated carbocycles. The monoisotopic (exact) mass is 332 g/mol. The van der Waals surface area contributed by atoms with Crippen molar-refractivity contribution in [3.05, 3.63) is 83.9 Å². The number of hydrogen-bond donors (Lipinski definition) is 2. The first-order chi connectivity index (χ1) is 12.3. The molecule has 1 amide bonds. The third-order valence-corrected chi connectivity index (χ3v) is 3.70. The van der Waals surface area contributed by atoms with Crippen molar-refractivity contribution in [2.24, 2.45) is 0 Å². The number of benzene rings is 2. The van der Waals surface area contributed by atoms with Crippen LogP contribution in [0.3, 0.4) is 0 Å². The van der Waals surface area contributed by atoms with Gasteiger partial charge in [-0.2, -0.15) is 0 Å². The second-order valence-electron chi connectivity index (χ2n) is 5.68. The summed E-state index contributed by atoms with van der Waals surface area (Å²) in [5.41, 5.74) is 2.24. The van der Waals surface area contributed by atoms with Gasteiger partial charge in [0.25, 0.3) is 0 Å². The van der Waals surface area contributed by atoms with Crippen LogP contribution in [0.5, 0.6) is 0 Å². The van der Waals surface area contributed by atoms with Gasteiger partial charge in [0.2, 0.25) is 5.91 Å². The maximum Gasteiger partial charge on any atom is 0.229 e. The molecule has 3 rings (SSSR count). The molecule has 0 atom stereocenters. The van der Waals surface area contributed by atoms with Gasteiger partial charge in [0.05, 0.1) is 6.42 Å². The third-order valence-electron chi connectivity index (χ3n) is 3.70. The quantitative estimate of drug-likeness (QED) is 0.696. The number of aromatic nitrogens is 2. The largest absolute Gasteiger partial charge is 0.368 e. The van der Waals surface area contributed by atoms with Gasteiger partial charge in [0.1, 0.15) is 5.82 Å². The first kappa shape index (κ1) is 16.6. The van der Waals surface area contributed by atoms with Gasteiger partial charge < -0.3 is 10.6 Å². The van der Waals surface area contributed by atoms with E-state index in [1.54, 1.807) is 6.07 Å². The molecule has 0 aliphatic rings. The molecule has 0 aliphatic heterocycles. The molecule has 0 unspecified atom stereocenters. The zero-order valence-corrected chi connectivity index (χ0v) is 13.9. The first-order valence-electron chi connectivity index (χ1n) is 8.25. The van der Waals surface area contributed by atoms with Crippen molar-refractivity contribution >= 4 is 17.5 Å². The first-order valence-corrected chi connectivity index (χ1v) is 8.25. The lowest BCUT2D eigenvalue weighted by molar-refractivity contribution is -0.115. The summed E-state index contributed by atoms with van der Waals surface area (Å²) in [5.74, 6) is 1.04. The van der Waals surface area contributed by atoms with Crippen molar-refractivity contribution < 1.29 is 4.79 Å². The molecule has 5 nitrogen and oxygen atoms in total. The lowest BCUT2D eigenvalue weighted by atomic mass is 10.1. The van der Waals surface area contributed by atoms with Crippen LogP contribution in [0, 0.1) is 0 Å². The number of carbonyl (C=O) groups is 1. The SMILES string of the molecule is O=C(Cc1ccccc1)Nc1ccc(NCCc2ccccc2)nn1. The predicted octanol–water partition coefficient (Wildman–Crippen LogP) is 3.31. The van der Waals surface area contributed by atoms with E-state index in [9.17, 15) is 4.79 Å². The molecule has 0 aliphatic carbocycles. The highest BCUT2D eigenvalue weighted by atomic mass is 16.1. The molecule has 0 bridgehead atoms. The van der Waals surface area contributed by atoms with Crippen LogP contribution in [0.2, 0.25) is 0 Å². The Morgan fingerprint density at radius 1 is 0.760 bits per heavy atom. The molecule has 0 fully saturated rings. The molecule has 25 heavy (non-hydrogen) atoms. The molecular formula is C20H20N4O. The smallest absolute Gasteiger partial charge is 0.229 e. The normalized spacial score (nSPS) is 10.2. The summed E-state index contributed by atoms with van der Waals surface area (Å²) in [7, 11) is 0. The van der Waals surface area contributed by atoms with Crippen LogP contribution in [0.4, 0.5) is 11.6 Å². The second-order valence-corrected chi connectivity index (χ2v) is 5.68. The van der Waals surface area contributed by atoms with Crippen LogP contribution in [0.15, 0.2) is 72.8 Å². The topological polar surface area (TPSA) is 66.9 Å². The lowest BCUT2D eigenvalue weighted by Crippen LogP contribution is -2.16. The lowest BCUT2D eigenvalue weighted by Gasteiger charge is -2.07. The van der Waals surface area contributed by atoms with E-state index in [0.717, 1.165) is 18.5 Å². The summed E-state index contributed by atoms with van der Waals surface area (Å²) >= 11 is 0. The van der Waals surface area contributed by atoms with E-state index >= 15 is 0 Å². The van der Waals surface area contributed by atoms with E-state index in [1.807, 2.05) is 54.6 Å². The van der Waals surface area contributed by atoms with Crippen LogP contribution in [-0.4, -0.2) is 22.6 Å². The Morgan fingerprint density at radius 2 is 1.36 bits per heavy atom. The van der Waals surface area contributed by atoms with Crippen molar-refractivity contribution in [1.82, 2.24) is 10.2 Å². The summed E-state index contributed by atoms with van der Waals surface area (Å²) < 4.78 is 0. The number of carbonyl (C=O) groups excluding carboxylic acids is 1. The van der Waals surface area contributed by atoms with Crippen molar-refractivity contribution in [3.63, 3.8) is 0 Å². The van der Waals surface area contributed by atoms with Gasteiger partial charge in [-0.15, -0.1) is 10.2 Å². The summed E-state index contributed by atoms with van der Waals surface area (Å²) in [4.78, 5) is 12.0. The Bertz CT molecular complexity index is 789. The molecule has 1 heterocycles. The predicted molar refractivity (Wildman–Crippen MR) is 99.4 cm³/mol. The molecule has 1 aromatic heterocycles. The number of anilines is 2. The second kappa shape index (κ2) is 8.59. The van der Waals surface area contributed by atoms with Gasteiger partial charge in [0, 0.05) is 6.54 Å². The maximum absolute atomic E-state index is 12.0. The van der Waals surface area contributed by atoms with Crippen LogP contribution < -0.4 is 10.6 Å². The van der Waals surface area contributed by atoms with Crippen molar-refractivity contribution in [1.29, 1.82) is 0 Å². The zero-order chi connectivity index (χ0) is 17.3. The molecule has 126 valence electrons. The summed E-state index contributed by atoms with van der Waals surface area (Å²) in [6.07, 6.45) is 1.23. The molecular weight excluding hydrogens is 312 g/mol. The fraction of sp³-hybridized carbons (Fsp3) is 0.150. The highest BCUT2D eigenvalue weighted by Gasteiger charge is 2.05. The number of nitrogens with zero attached hydrogens (tertiary/aromatic N) is 2. The van der Waals surface area contributed by atoms with Gasteiger partial charge in [-0.25, -0.2) is 0 Å². The number of hydrogen-bond acceptors (Lipinski definition) is 4. The van der Waals surface area contributed by atoms with E-state index in [0.29, 0.717) is 18.1 Å². The number of nitrogens with one attached hydrogen (secondary N) is 2. The Labute approximate surface area is 147 Å². The van der Waals surface area contributed by atoms with E-state index in [-0.39, 0.29) is 5.91 Å². The van der Waals surface area contributed by atoms with Gasteiger partial charge in [-0.1, -0.05) is 60.7 Å². The summed E-state index contributed by atoms with van der Waals surface area (Å²) in [6.45, 7) is 0.776. The molecule has 0 radical (unpaired) electrons. The standard InChI is InChI=1S/C20H20N4O/c25-20(15-17-9-5-2-6-10-17)22-19-12-11-18(23-24-19)21-14-13-16-7-3-1-4-8-16/h1-12H,13-15H2,(H,21,23)(H,22,24,25). The minimum Gasteiger partial charge on any atom is -0.368 e. The molecule has 3 aromatic rings. The maximum atomic E-state index is 12.0. The number of rotatable bonds is 7. The summed E-state index contributed by atoms with van der Waals surface area (Å²) in [5, 5.41) is 14.1. The van der Waals surface area contributed by atoms with Crippen LogP contribution in [0.1, 0.15) is 11.1 Å². The third kappa shape index (κ3) is 5.42. The Hall–Kier alpha value is -3.21. The van der Waals surface area contributed by atoms with Crippen LogP contribution in [0.25, 0.3) is 0 Å². The number of amides is 1. The van der Waals surface area contributed by atoms with Gasteiger partial charge in [-0.3, -0.25) is 4.79 Å². The van der Waals surface area contributed by atoms with Gasteiger partial charge in [-0.05, 0) is 29.7 Å². The van der Waals surface area contributed by atoms with Crippen molar-refractivity contribution in [3.8, 4) is 0 Å². The highest BCUT2D eigenvalue weighted by Crippen LogP contribution is 2.08. The molecule has 2 N–H and O–H groups in total. The average Bonchev–Trinajstić information content (AvgIpc) is 2.65. The van der Waals surface area contributed by atoms with Gasteiger partial charge in [0.15, 0.2) is 5.82 Å². The van der Waals surface area contributed by atoms with Crippen molar-refractivity contribution in [2.75, 3.05) is 17.2 Å². The van der Waals surface area contributed by atoms with Crippen molar-refractivity contribution in [2.45, 2.75) is 12.8 Å².